The van der Waals surface area contributed by atoms with Crippen LogP contribution in [0.5, 0.6) is 0 Å². The molecule has 0 radical (unpaired) electrons. The Labute approximate surface area is 116 Å². The van der Waals surface area contributed by atoms with Gasteiger partial charge < -0.3 is 5.11 Å². The summed E-state index contributed by atoms with van der Waals surface area (Å²) >= 11 is 6.46. The summed E-state index contributed by atoms with van der Waals surface area (Å²) in [7, 11) is -3.63. The van der Waals surface area contributed by atoms with E-state index in [-0.39, 0.29) is 20.6 Å². The van der Waals surface area contributed by atoms with Crippen molar-refractivity contribution in [3.8, 4) is 0 Å². The topological polar surface area (TPSA) is 79.3 Å². The number of hydrogen-bond acceptors (Lipinski definition) is 5. The summed E-state index contributed by atoms with van der Waals surface area (Å²) in [6, 6.07) is 0. The van der Waals surface area contributed by atoms with E-state index in [1.54, 1.807) is 0 Å². The van der Waals surface area contributed by atoms with Gasteiger partial charge in [-0.2, -0.15) is 0 Å². The average molecular weight is 313 g/mol. The highest BCUT2D eigenvalue weighted by Gasteiger charge is 2.21. The Balaban J connectivity index is 2.58. The Kier molecular flexibility index (Phi) is 5.13. The van der Waals surface area contributed by atoms with Crippen molar-refractivity contribution >= 4 is 33.0 Å². The maximum atomic E-state index is 11.8. The first kappa shape index (κ1) is 15.8. The van der Waals surface area contributed by atoms with Crippen LogP contribution in [0.4, 0.5) is 0 Å². The van der Waals surface area contributed by atoms with E-state index in [2.05, 4.69) is 9.71 Å². The van der Waals surface area contributed by atoms with E-state index in [0.717, 1.165) is 11.3 Å². The third-order valence-corrected chi connectivity index (χ3v) is 5.08. The van der Waals surface area contributed by atoms with Gasteiger partial charge in [-0.05, 0) is 11.8 Å². The first-order chi connectivity index (χ1) is 8.10. The Bertz CT molecular complexity index is 493. The molecule has 1 aromatic heterocycles. The first-order valence-corrected chi connectivity index (χ1v) is 8.07. The summed E-state index contributed by atoms with van der Waals surface area (Å²) < 4.78 is 26.2. The summed E-state index contributed by atoms with van der Waals surface area (Å²) in [4.78, 5) is 3.67. The van der Waals surface area contributed by atoms with Crippen LogP contribution in [0.2, 0.25) is 4.47 Å². The number of halogens is 1. The van der Waals surface area contributed by atoms with Crippen LogP contribution in [-0.2, 0) is 10.0 Å². The van der Waals surface area contributed by atoms with Gasteiger partial charge >= 0.3 is 0 Å². The number of aromatic nitrogens is 1. The zero-order valence-corrected chi connectivity index (χ0v) is 12.9. The molecular weight excluding hydrogens is 296 g/mol. The maximum Gasteiger partial charge on any atom is 0.251 e. The lowest BCUT2D eigenvalue weighted by molar-refractivity contribution is 0.125. The number of hydrogen-bond donors (Lipinski definition) is 2. The smallest absolute Gasteiger partial charge is 0.251 e. The van der Waals surface area contributed by atoms with Crippen LogP contribution < -0.4 is 4.72 Å². The lowest BCUT2D eigenvalue weighted by Gasteiger charge is -2.22. The quantitative estimate of drug-likeness (QED) is 0.870. The molecule has 1 rings (SSSR count). The van der Waals surface area contributed by atoms with Gasteiger partial charge in [-0.15, -0.1) is 0 Å². The highest BCUT2D eigenvalue weighted by molar-refractivity contribution is 7.91. The molecule has 0 bridgehead atoms. The fourth-order valence-electron chi connectivity index (χ4n) is 1.42. The number of thiazole rings is 1. The minimum absolute atomic E-state index is 0.0187. The second-order valence-electron chi connectivity index (χ2n) is 5.20. The minimum Gasteiger partial charge on any atom is -0.392 e. The molecule has 0 aromatic carbocycles. The monoisotopic (exact) mass is 312 g/mol. The Morgan fingerprint density at radius 1 is 1.56 bits per heavy atom. The Hall–Kier alpha value is -0.210. The minimum atomic E-state index is -3.63. The van der Waals surface area contributed by atoms with E-state index in [1.807, 2.05) is 20.8 Å². The van der Waals surface area contributed by atoms with Crippen LogP contribution >= 0.6 is 22.9 Å². The summed E-state index contributed by atoms with van der Waals surface area (Å²) in [6.07, 6.45) is 0.993. The highest BCUT2D eigenvalue weighted by Crippen LogP contribution is 2.23. The lowest BCUT2D eigenvalue weighted by atomic mass is 9.89. The third kappa shape index (κ3) is 5.19. The van der Waals surface area contributed by atoms with E-state index in [9.17, 15) is 13.5 Å². The average Bonchev–Trinajstić information content (AvgIpc) is 2.60. The van der Waals surface area contributed by atoms with E-state index >= 15 is 0 Å². The molecule has 2 N–H and O–H groups in total. The van der Waals surface area contributed by atoms with Gasteiger partial charge in [0.2, 0.25) is 0 Å². The highest BCUT2D eigenvalue weighted by atomic mass is 35.5. The van der Waals surface area contributed by atoms with Gasteiger partial charge in [0, 0.05) is 6.54 Å². The van der Waals surface area contributed by atoms with Crippen molar-refractivity contribution in [3.05, 3.63) is 10.7 Å². The standard InChI is InChI=1S/C10H17ClN2O3S2/c1-10(2,3)4-7(14)5-13-18(15,16)8-6-12-9(11)17-8/h6-7,13-14H,4-5H2,1-3H3. The molecule has 18 heavy (non-hydrogen) atoms. The molecule has 1 unspecified atom stereocenters. The van der Waals surface area contributed by atoms with Crippen molar-refractivity contribution in [2.75, 3.05) is 6.54 Å². The van der Waals surface area contributed by atoms with Crippen LogP contribution in [0.1, 0.15) is 27.2 Å². The molecule has 0 aliphatic carbocycles. The largest absolute Gasteiger partial charge is 0.392 e. The maximum absolute atomic E-state index is 11.8. The SMILES string of the molecule is CC(C)(C)CC(O)CNS(=O)(=O)c1cnc(Cl)s1. The zero-order valence-electron chi connectivity index (χ0n) is 10.5. The van der Waals surface area contributed by atoms with Crippen molar-refractivity contribution in [1.29, 1.82) is 0 Å². The summed E-state index contributed by atoms with van der Waals surface area (Å²) in [5.41, 5.74) is -0.0569. The van der Waals surface area contributed by atoms with Gasteiger partial charge in [0.15, 0.2) is 8.68 Å². The van der Waals surface area contributed by atoms with Crippen molar-refractivity contribution < 1.29 is 13.5 Å². The molecule has 1 aromatic rings. The van der Waals surface area contributed by atoms with Gasteiger partial charge in [0.05, 0.1) is 12.3 Å². The number of aliphatic hydroxyl groups excluding tert-OH is 1. The van der Waals surface area contributed by atoms with Crippen molar-refractivity contribution in [2.45, 2.75) is 37.5 Å². The number of sulfonamides is 1. The lowest BCUT2D eigenvalue weighted by Crippen LogP contribution is -2.33. The molecule has 0 saturated carbocycles. The third-order valence-electron chi connectivity index (χ3n) is 2.08. The van der Waals surface area contributed by atoms with Gasteiger partial charge in [-0.25, -0.2) is 18.1 Å². The van der Waals surface area contributed by atoms with E-state index in [4.69, 9.17) is 11.6 Å². The molecule has 1 heterocycles. The van der Waals surface area contributed by atoms with Crippen molar-refractivity contribution in [1.82, 2.24) is 9.71 Å². The van der Waals surface area contributed by atoms with Gasteiger partial charge in [0.1, 0.15) is 0 Å². The molecule has 104 valence electrons. The summed E-state index contributed by atoms with van der Waals surface area (Å²) in [6.45, 7) is 5.92. The van der Waals surface area contributed by atoms with Crippen molar-refractivity contribution in [3.63, 3.8) is 0 Å². The zero-order chi connectivity index (χ0) is 14.0. The molecule has 0 fully saturated rings. The molecule has 0 amide bonds. The van der Waals surface area contributed by atoms with E-state index in [1.165, 1.54) is 6.20 Å². The first-order valence-electron chi connectivity index (χ1n) is 5.39. The molecule has 8 heteroatoms. The second kappa shape index (κ2) is 5.83. The second-order valence-corrected chi connectivity index (χ2v) is 8.81. The molecule has 5 nitrogen and oxygen atoms in total. The summed E-state index contributed by atoms with van der Waals surface area (Å²) in [5.74, 6) is 0. The number of nitrogens with zero attached hydrogens (tertiary/aromatic N) is 1. The van der Waals surface area contributed by atoms with Crippen LogP contribution in [0.15, 0.2) is 10.4 Å². The van der Waals surface area contributed by atoms with Gasteiger partial charge in [-0.3, -0.25) is 0 Å². The predicted octanol–water partition coefficient (Wildman–Crippen LogP) is 1.87. The van der Waals surface area contributed by atoms with E-state index < -0.39 is 16.1 Å². The van der Waals surface area contributed by atoms with Crippen LogP contribution in [0, 0.1) is 5.41 Å². The van der Waals surface area contributed by atoms with Gasteiger partial charge in [0.25, 0.3) is 10.0 Å². The molecule has 0 saturated heterocycles. The normalized spacial score (nSPS) is 14.7. The van der Waals surface area contributed by atoms with Gasteiger partial charge in [-0.1, -0.05) is 43.7 Å². The fourth-order valence-corrected chi connectivity index (χ4v) is 3.83. The molecule has 1 atom stereocenters. The predicted molar refractivity (Wildman–Crippen MR) is 72.4 cm³/mol. The molecule has 0 spiro atoms. The number of rotatable bonds is 5. The number of nitrogens with one attached hydrogen (secondary N) is 1. The summed E-state index contributed by atoms with van der Waals surface area (Å²) in [5, 5.41) is 9.74. The molecular formula is C10H17ClN2O3S2. The number of aliphatic hydroxyl groups is 1. The fraction of sp³-hybridized carbons (Fsp3) is 0.700. The Morgan fingerprint density at radius 3 is 2.61 bits per heavy atom. The van der Waals surface area contributed by atoms with Crippen molar-refractivity contribution in [2.24, 2.45) is 5.41 Å². The molecule has 0 aliphatic heterocycles. The van der Waals surface area contributed by atoms with Crippen LogP contribution in [0.3, 0.4) is 0 Å². The van der Waals surface area contributed by atoms with Crippen LogP contribution in [-0.4, -0.2) is 31.2 Å². The Morgan fingerprint density at radius 2 is 2.17 bits per heavy atom. The molecule has 0 aliphatic rings. The van der Waals surface area contributed by atoms with Crippen LogP contribution in [0.25, 0.3) is 0 Å². The van der Waals surface area contributed by atoms with E-state index in [0.29, 0.717) is 6.42 Å².